The van der Waals surface area contributed by atoms with Crippen molar-refractivity contribution in [1.29, 1.82) is 0 Å². The maximum absolute atomic E-state index is 12.8. The molecule has 0 aromatic carbocycles. The number of amides is 2. The van der Waals surface area contributed by atoms with Gasteiger partial charge < -0.3 is 10.2 Å². The third-order valence-corrected chi connectivity index (χ3v) is 6.78. The van der Waals surface area contributed by atoms with Gasteiger partial charge in [-0.05, 0) is 25.2 Å². The van der Waals surface area contributed by atoms with Crippen molar-refractivity contribution in [3.8, 4) is 0 Å². The highest BCUT2D eigenvalue weighted by molar-refractivity contribution is 7.91. The van der Waals surface area contributed by atoms with Gasteiger partial charge in [0.1, 0.15) is 5.54 Å². The molecule has 2 aliphatic heterocycles. The second-order valence-corrected chi connectivity index (χ2v) is 8.84. The van der Waals surface area contributed by atoms with E-state index < -0.39 is 15.4 Å². The fourth-order valence-corrected chi connectivity index (χ4v) is 5.69. The fraction of sp³-hybridized carbons (Fsp3) is 0.857. The predicted molar refractivity (Wildman–Crippen MR) is 77.3 cm³/mol. The van der Waals surface area contributed by atoms with Crippen LogP contribution in [0.3, 0.4) is 0 Å². The molecule has 1 atom stereocenters. The Kier molecular flexibility index (Phi) is 3.71. The first-order valence-electron chi connectivity index (χ1n) is 7.71. The zero-order chi connectivity index (χ0) is 15.1. The van der Waals surface area contributed by atoms with Gasteiger partial charge in [-0.3, -0.25) is 9.59 Å². The zero-order valence-corrected chi connectivity index (χ0v) is 13.0. The molecule has 7 heteroatoms. The molecule has 0 aromatic heterocycles. The van der Waals surface area contributed by atoms with Crippen LogP contribution in [0.2, 0.25) is 0 Å². The van der Waals surface area contributed by atoms with Gasteiger partial charge >= 0.3 is 0 Å². The Bertz CT molecular complexity index is 551. The summed E-state index contributed by atoms with van der Waals surface area (Å²) in [6, 6.07) is 0. The van der Waals surface area contributed by atoms with Crippen LogP contribution in [0.15, 0.2) is 0 Å². The van der Waals surface area contributed by atoms with E-state index in [9.17, 15) is 18.0 Å². The van der Waals surface area contributed by atoms with Crippen molar-refractivity contribution in [3.05, 3.63) is 0 Å². The van der Waals surface area contributed by atoms with E-state index in [2.05, 4.69) is 5.32 Å². The first-order chi connectivity index (χ1) is 9.90. The van der Waals surface area contributed by atoms with Gasteiger partial charge in [0, 0.05) is 19.5 Å². The van der Waals surface area contributed by atoms with Gasteiger partial charge in [-0.15, -0.1) is 0 Å². The lowest BCUT2D eigenvalue weighted by Crippen LogP contribution is -2.56. The maximum Gasteiger partial charge on any atom is 0.248 e. The number of nitrogens with zero attached hydrogens (tertiary/aromatic N) is 1. The van der Waals surface area contributed by atoms with Crippen molar-refractivity contribution >= 4 is 21.7 Å². The van der Waals surface area contributed by atoms with Crippen LogP contribution in [0.25, 0.3) is 0 Å². The zero-order valence-electron chi connectivity index (χ0n) is 12.1. The Balaban J connectivity index is 1.75. The van der Waals surface area contributed by atoms with E-state index in [4.69, 9.17) is 0 Å². The maximum atomic E-state index is 12.8. The van der Waals surface area contributed by atoms with Gasteiger partial charge in [0.05, 0.1) is 11.5 Å². The molecular formula is C14H22N2O4S. The minimum absolute atomic E-state index is 0.00449. The molecule has 21 heavy (non-hydrogen) atoms. The second-order valence-electron chi connectivity index (χ2n) is 6.61. The van der Waals surface area contributed by atoms with Gasteiger partial charge in [0.25, 0.3) is 0 Å². The highest BCUT2D eigenvalue weighted by atomic mass is 32.2. The largest absolute Gasteiger partial charge is 0.342 e. The van der Waals surface area contributed by atoms with Crippen molar-refractivity contribution in [2.45, 2.75) is 44.1 Å². The lowest BCUT2D eigenvalue weighted by molar-refractivity contribution is -0.139. The fourth-order valence-electron chi connectivity index (χ4n) is 3.84. The Morgan fingerprint density at radius 2 is 1.95 bits per heavy atom. The molecule has 2 amide bonds. The molecule has 3 fully saturated rings. The molecular weight excluding hydrogens is 292 g/mol. The summed E-state index contributed by atoms with van der Waals surface area (Å²) in [6.07, 6.45) is 4.26. The molecule has 1 N–H and O–H groups in total. The quantitative estimate of drug-likeness (QED) is 0.782. The molecule has 0 radical (unpaired) electrons. The normalized spacial score (nSPS) is 31.4. The van der Waals surface area contributed by atoms with Gasteiger partial charge in [-0.2, -0.15) is 0 Å². The van der Waals surface area contributed by atoms with Gasteiger partial charge in [-0.1, -0.05) is 12.8 Å². The van der Waals surface area contributed by atoms with Gasteiger partial charge in [0.2, 0.25) is 11.8 Å². The summed E-state index contributed by atoms with van der Waals surface area (Å²) in [7, 11) is -2.93. The van der Waals surface area contributed by atoms with Crippen molar-refractivity contribution in [2.24, 2.45) is 5.92 Å². The van der Waals surface area contributed by atoms with E-state index in [1.807, 2.05) is 0 Å². The van der Waals surface area contributed by atoms with E-state index in [-0.39, 0.29) is 29.2 Å². The Hall–Kier alpha value is -1.11. The van der Waals surface area contributed by atoms with Crippen LogP contribution < -0.4 is 5.32 Å². The Morgan fingerprint density at radius 3 is 2.57 bits per heavy atom. The van der Waals surface area contributed by atoms with Crippen molar-refractivity contribution < 1.29 is 18.0 Å². The van der Waals surface area contributed by atoms with E-state index in [1.165, 1.54) is 0 Å². The minimum Gasteiger partial charge on any atom is -0.342 e. The molecule has 0 bridgehead atoms. The highest BCUT2D eigenvalue weighted by Gasteiger charge is 2.47. The van der Waals surface area contributed by atoms with Crippen molar-refractivity contribution in [1.82, 2.24) is 10.2 Å². The van der Waals surface area contributed by atoms with Gasteiger partial charge in [0.15, 0.2) is 9.84 Å². The lowest BCUT2D eigenvalue weighted by Gasteiger charge is -2.32. The molecule has 1 unspecified atom stereocenters. The first kappa shape index (κ1) is 14.8. The third kappa shape index (κ3) is 2.93. The Morgan fingerprint density at radius 1 is 1.24 bits per heavy atom. The topological polar surface area (TPSA) is 83.6 Å². The SMILES string of the molecule is O=C1CCN(CC2CCS(=O)(=O)C2)C(=O)C2(CCCC2)N1. The average Bonchev–Trinajstić information content (AvgIpc) is 2.98. The molecule has 1 saturated carbocycles. The van der Waals surface area contributed by atoms with Crippen molar-refractivity contribution in [2.75, 3.05) is 24.6 Å². The van der Waals surface area contributed by atoms with Crippen LogP contribution in [0.4, 0.5) is 0 Å². The first-order valence-corrected chi connectivity index (χ1v) is 9.53. The molecule has 3 rings (SSSR count). The molecule has 0 aromatic rings. The molecule has 3 aliphatic rings. The number of sulfone groups is 1. The van der Waals surface area contributed by atoms with Crippen LogP contribution in [-0.4, -0.2) is 55.3 Å². The Labute approximate surface area is 125 Å². The van der Waals surface area contributed by atoms with Gasteiger partial charge in [-0.25, -0.2) is 8.42 Å². The van der Waals surface area contributed by atoms with Crippen LogP contribution in [0.1, 0.15) is 38.5 Å². The summed E-state index contributed by atoms with van der Waals surface area (Å²) in [6.45, 7) is 0.873. The molecule has 1 aliphatic carbocycles. The monoisotopic (exact) mass is 314 g/mol. The number of hydrogen-bond donors (Lipinski definition) is 1. The summed E-state index contributed by atoms with van der Waals surface area (Å²) >= 11 is 0. The van der Waals surface area contributed by atoms with E-state index in [0.717, 1.165) is 12.8 Å². The third-order valence-electron chi connectivity index (χ3n) is 4.95. The number of nitrogens with one attached hydrogen (secondary N) is 1. The smallest absolute Gasteiger partial charge is 0.248 e. The number of hydrogen-bond acceptors (Lipinski definition) is 4. The summed E-state index contributed by atoms with van der Waals surface area (Å²) in [5.41, 5.74) is -0.717. The summed E-state index contributed by atoms with van der Waals surface area (Å²) < 4.78 is 23.1. The highest BCUT2D eigenvalue weighted by Crippen LogP contribution is 2.33. The molecule has 118 valence electrons. The standard InChI is InChI=1S/C14H22N2O4S/c17-12-3-7-16(9-11-4-8-21(19,20)10-11)13(18)14(15-12)5-1-2-6-14/h11H,1-10H2,(H,15,17). The number of carbonyl (C=O) groups is 2. The predicted octanol–water partition coefficient (Wildman–Crippen LogP) is 0.0824. The molecule has 1 spiro atoms. The molecule has 2 heterocycles. The van der Waals surface area contributed by atoms with Crippen LogP contribution in [0, 0.1) is 5.92 Å². The number of rotatable bonds is 2. The lowest BCUT2D eigenvalue weighted by atomic mass is 9.95. The summed E-state index contributed by atoms with van der Waals surface area (Å²) in [4.78, 5) is 26.4. The molecule has 2 saturated heterocycles. The van der Waals surface area contributed by atoms with Crippen LogP contribution >= 0.6 is 0 Å². The van der Waals surface area contributed by atoms with Crippen LogP contribution in [0.5, 0.6) is 0 Å². The average molecular weight is 314 g/mol. The van der Waals surface area contributed by atoms with Crippen molar-refractivity contribution in [3.63, 3.8) is 0 Å². The summed E-state index contributed by atoms with van der Waals surface area (Å²) in [5, 5.41) is 2.93. The van der Waals surface area contributed by atoms with E-state index >= 15 is 0 Å². The molecule has 6 nitrogen and oxygen atoms in total. The minimum atomic E-state index is -2.93. The van der Waals surface area contributed by atoms with Crippen LogP contribution in [-0.2, 0) is 19.4 Å². The second kappa shape index (κ2) is 5.26. The van der Waals surface area contributed by atoms with E-state index in [0.29, 0.717) is 38.8 Å². The summed E-state index contributed by atoms with van der Waals surface area (Å²) in [5.74, 6) is 0.347. The van der Waals surface area contributed by atoms with E-state index in [1.54, 1.807) is 4.90 Å². The number of carbonyl (C=O) groups excluding carboxylic acids is 2.